The van der Waals surface area contributed by atoms with E-state index < -0.39 is 5.38 Å². The van der Waals surface area contributed by atoms with Gasteiger partial charge in [0.05, 0.1) is 11.4 Å². The van der Waals surface area contributed by atoms with Gasteiger partial charge in [-0.1, -0.05) is 24.4 Å². The highest BCUT2D eigenvalue weighted by atomic mass is 35.5. The predicted molar refractivity (Wildman–Crippen MR) is 86.1 cm³/mol. The third-order valence-corrected chi connectivity index (χ3v) is 3.96. The summed E-state index contributed by atoms with van der Waals surface area (Å²) < 4.78 is 0. The fourth-order valence-electron chi connectivity index (χ4n) is 2.43. The van der Waals surface area contributed by atoms with Crippen LogP contribution in [-0.2, 0) is 4.79 Å². The first-order chi connectivity index (χ1) is 9.58. The van der Waals surface area contributed by atoms with Gasteiger partial charge in [0.25, 0.3) is 0 Å². The maximum atomic E-state index is 11.8. The summed E-state index contributed by atoms with van der Waals surface area (Å²) in [6.07, 6.45) is 4.90. The van der Waals surface area contributed by atoms with E-state index in [0.29, 0.717) is 5.02 Å². The average Bonchev–Trinajstić information content (AvgIpc) is 2.67. The van der Waals surface area contributed by atoms with E-state index in [-0.39, 0.29) is 5.91 Å². The Labute approximate surface area is 130 Å². The van der Waals surface area contributed by atoms with Gasteiger partial charge in [0.2, 0.25) is 5.91 Å². The number of amides is 1. The molecule has 1 heterocycles. The van der Waals surface area contributed by atoms with Crippen molar-refractivity contribution in [3.8, 4) is 0 Å². The lowest BCUT2D eigenvalue weighted by Crippen LogP contribution is -2.27. The molecule has 1 aliphatic heterocycles. The minimum absolute atomic E-state index is 0.204. The summed E-state index contributed by atoms with van der Waals surface area (Å²) in [5.74, 6) is -0.204. The lowest BCUT2D eigenvalue weighted by atomic mass is 10.2. The Morgan fingerprint density at radius 3 is 2.50 bits per heavy atom. The molecule has 110 valence electrons. The van der Waals surface area contributed by atoms with Crippen LogP contribution in [0.2, 0.25) is 5.02 Å². The molecule has 1 aromatic rings. The van der Waals surface area contributed by atoms with Crippen molar-refractivity contribution in [2.75, 3.05) is 23.3 Å². The minimum Gasteiger partial charge on any atom is -0.370 e. The number of nitrogens with zero attached hydrogens (tertiary/aromatic N) is 1. The number of halogens is 2. The molecule has 1 aromatic carbocycles. The van der Waals surface area contributed by atoms with E-state index >= 15 is 0 Å². The number of hydrogen-bond donors (Lipinski definition) is 1. The number of benzene rings is 1. The second kappa shape index (κ2) is 7.19. The molecular formula is C15H20Cl2N2O. The second-order valence-corrected chi connectivity index (χ2v) is 6.26. The molecule has 1 atom stereocenters. The fraction of sp³-hybridized carbons (Fsp3) is 0.533. The first-order valence-electron chi connectivity index (χ1n) is 7.07. The van der Waals surface area contributed by atoms with E-state index in [1.54, 1.807) is 13.0 Å². The van der Waals surface area contributed by atoms with Crippen molar-refractivity contribution < 1.29 is 4.79 Å². The van der Waals surface area contributed by atoms with Gasteiger partial charge in [0.15, 0.2) is 0 Å². The Bertz CT molecular complexity index is 469. The molecule has 2 rings (SSSR count). The van der Waals surface area contributed by atoms with E-state index in [1.807, 2.05) is 12.1 Å². The van der Waals surface area contributed by atoms with Crippen molar-refractivity contribution in [3.63, 3.8) is 0 Å². The summed E-state index contributed by atoms with van der Waals surface area (Å²) in [7, 11) is 0. The van der Waals surface area contributed by atoms with Crippen LogP contribution in [0.1, 0.15) is 32.6 Å². The Kier molecular flexibility index (Phi) is 5.55. The number of carbonyl (C=O) groups excluding carboxylic acids is 1. The summed E-state index contributed by atoms with van der Waals surface area (Å²) >= 11 is 11.9. The average molecular weight is 315 g/mol. The lowest BCUT2D eigenvalue weighted by molar-refractivity contribution is -0.115. The van der Waals surface area contributed by atoms with Gasteiger partial charge in [-0.2, -0.15) is 0 Å². The van der Waals surface area contributed by atoms with Crippen LogP contribution < -0.4 is 10.2 Å². The molecule has 3 nitrogen and oxygen atoms in total. The maximum Gasteiger partial charge on any atom is 0.242 e. The fourth-order valence-corrected chi connectivity index (χ4v) is 2.65. The van der Waals surface area contributed by atoms with Crippen molar-refractivity contribution in [1.82, 2.24) is 0 Å². The standard InChI is InChI=1S/C15H20Cl2N2O/c1-11(16)15(20)18-13-10-12(17)6-7-14(13)19-8-4-2-3-5-9-19/h6-7,10-11H,2-5,8-9H2,1H3,(H,18,20)/t11-/m0/s1. The Morgan fingerprint density at radius 2 is 1.90 bits per heavy atom. The topological polar surface area (TPSA) is 32.3 Å². The number of nitrogens with one attached hydrogen (secondary N) is 1. The maximum absolute atomic E-state index is 11.8. The van der Waals surface area contributed by atoms with E-state index in [2.05, 4.69) is 10.2 Å². The van der Waals surface area contributed by atoms with Crippen molar-refractivity contribution in [2.45, 2.75) is 38.0 Å². The molecule has 1 N–H and O–H groups in total. The largest absolute Gasteiger partial charge is 0.370 e. The van der Waals surface area contributed by atoms with Crippen LogP contribution in [0.4, 0.5) is 11.4 Å². The highest BCUT2D eigenvalue weighted by Gasteiger charge is 2.17. The highest BCUT2D eigenvalue weighted by Crippen LogP contribution is 2.31. The molecule has 1 saturated heterocycles. The molecule has 1 amide bonds. The van der Waals surface area contributed by atoms with Crippen molar-refractivity contribution in [3.05, 3.63) is 23.2 Å². The first-order valence-corrected chi connectivity index (χ1v) is 7.89. The number of hydrogen-bond acceptors (Lipinski definition) is 2. The molecule has 1 fully saturated rings. The third-order valence-electron chi connectivity index (χ3n) is 3.52. The SMILES string of the molecule is C[C@H](Cl)C(=O)Nc1cc(Cl)ccc1N1CCCCCC1. The van der Waals surface area contributed by atoms with Gasteiger partial charge in [-0.25, -0.2) is 0 Å². The van der Waals surface area contributed by atoms with Crippen molar-refractivity contribution in [1.29, 1.82) is 0 Å². The number of rotatable bonds is 3. The highest BCUT2D eigenvalue weighted by molar-refractivity contribution is 6.33. The summed E-state index contributed by atoms with van der Waals surface area (Å²) in [5, 5.41) is 2.92. The van der Waals surface area contributed by atoms with E-state index in [0.717, 1.165) is 24.5 Å². The van der Waals surface area contributed by atoms with Crippen LogP contribution in [0.5, 0.6) is 0 Å². The Morgan fingerprint density at radius 1 is 1.25 bits per heavy atom. The van der Waals surface area contributed by atoms with Gasteiger partial charge in [0, 0.05) is 18.1 Å². The normalized spacial score (nSPS) is 17.4. The smallest absolute Gasteiger partial charge is 0.242 e. The van der Waals surface area contributed by atoms with E-state index in [4.69, 9.17) is 23.2 Å². The molecule has 0 unspecified atom stereocenters. The predicted octanol–water partition coefficient (Wildman–Crippen LogP) is 4.29. The van der Waals surface area contributed by atoms with Crippen LogP contribution in [0.3, 0.4) is 0 Å². The molecule has 0 bridgehead atoms. The van der Waals surface area contributed by atoms with Crippen LogP contribution in [0.25, 0.3) is 0 Å². The molecule has 0 spiro atoms. The number of anilines is 2. The van der Waals surface area contributed by atoms with Crippen LogP contribution in [-0.4, -0.2) is 24.4 Å². The van der Waals surface area contributed by atoms with Crippen LogP contribution >= 0.6 is 23.2 Å². The minimum atomic E-state index is -0.564. The zero-order valence-electron chi connectivity index (χ0n) is 11.7. The molecule has 0 radical (unpaired) electrons. The summed E-state index contributed by atoms with van der Waals surface area (Å²) in [5.41, 5.74) is 1.78. The molecule has 0 saturated carbocycles. The summed E-state index contributed by atoms with van der Waals surface area (Å²) in [4.78, 5) is 14.1. The second-order valence-electron chi connectivity index (χ2n) is 5.17. The van der Waals surface area contributed by atoms with Gasteiger partial charge in [-0.05, 0) is 38.0 Å². The van der Waals surface area contributed by atoms with E-state index in [9.17, 15) is 4.79 Å². The quantitative estimate of drug-likeness (QED) is 0.844. The number of alkyl halides is 1. The van der Waals surface area contributed by atoms with Gasteiger partial charge in [0.1, 0.15) is 5.38 Å². The molecule has 0 aromatic heterocycles. The van der Waals surface area contributed by atoms with Crippen molar-refractivity contribution >= 4 is 40.5 Å². The lowest BCUT2D eigenvalue weighted by Gasteiger charge is -2.26. The monoisotopic (exact) mass is 314 g/mol. The molecular weight excluding hydrogens is 295 g/mol. The van der Waals surface area contributed by atoms with Gasteiger partial charge >= 0.3 is 0 Å². The van der Waals surface area contributed by atoms with Gasteiger partial charge in [-0.3, -0.25) is 4.79 Å². The Hall–Kier alpha value is -0.930. The first kappa shape index (κ1) is 15.5. The summed E-state index contributed by atoms with van der Waals surface area (Å²) in [6, 6.07) is 5.63. The zero-order chi connectivity index (χ0) is 14.5. The molecule has 0 aliphatic carbocycles. The number of carbonyl (C=O) groups is 1. The molecule has 1 aliphatic rings. The van der Waals surface area contributed by atoms with Crippen molar-refractivity contribution in [2.24, 2.45) is 0 Å². The van der Waals surface area contributed by atoms with Crippen LogP contribution in [0, 0.1) is 0 Å². The summed E-state index contributed by atoms with van der Waals surface area (Å²) in [6.45, 7) is 3.69. The Balaban J connectivity index is 2.24. The van der Waals surface area contributed by atoms with E-state index in [1.165, 1.54) is 25.7 Å². The van der Waals surface area contributed by atoms with Gasteiger partial charge in [-0.15, -0.1) is 11.6 Å². The zero-order valence-corrected chi connectivity index (χ0v) is 13.2. The van der Waals surface area contributed by atoms with Crippen LogP contribution in [0.15, 0.2) is 18.2 Å². The van der Waals surface area contributed by atoms with Gasteiger partial charge < -0.3 is 10.2 Å². The molecule has 5 heteroatoms. The molecule has 20 heavy (non-hydrogen) atoms. The third kappa shape index (κ3) is 4.03.